The monoisotopic (exact) mass is 444 g/mol. The van der Waals surface area contributed by atoms with E-state index in [1.165, 1.54) is 16.2 Å². The fraction of sp³-hybridized carbons (Fsp3) is 0.619. The van der Waals surface area contributed by atoms with Crippen LogP contribution in [0.4, 0.5) is 4.79 Å². The van der Waals surface area contributed by atoms with Gasteiger partial charge in [-0.1, -0.05) is 19.8 Å². The van der Waals surface area contributed by atoms with E-state index in [1.54, 1.807) is 16.7 Å². The van der Waals surface area contributed by atoms with Crippen molar-refractivity contribution in [3.63, 3.8) is 0 Å². The first-order chi connectivity index (χ1) is 15.0. The maximum atomic E-state index is 13.2. The smallest absolute Gasteiger partial charge is 0.323 e. The second-order valence-electron chi connectivity index (χ2n) is 8.96. The minimum atomic E-state index is -0.697. The number of piperazine rings is 1. The van der Waals surface area contributed by atoms with Gasteiger partial charge in [-0.2, -0.15) is 0 Å². The lowest BCUT2D eigenvalue weighted by molar-refractivity contribution is -0.136. The zero-order valence-corrected chi connectivity index (χ0v) is 18.6. The van der Waals surface area contributed by atoms with E-state index in [0.29, 0.717) is 18.2 Å². The molecule has 3 fully saturated rings. The molecule has 5 rings (SSSR count). The Hall–Kier alpha value is -2.30. The summed E-state index contributed by atoms with van der Waals surface area (Å²) in [6.07, 6.45) is 5.57. The predicted molar refractivity (Wildman–Crippen MR) is 117 cm³/mol. The normalized spacial score (nSPS) is 28.0. The van der Waals surface area contributed by atoms with E-state index in [-0.39, 0.29) is 23.4 Å². The number of hydrogen-bond acceptors (Lipinski definition) is 7. The first kappa shape index (κ1) is 20.6. The number of nitrogens with zero attached hydrogens (tertiary/aromatic N) is 5. The summed E-state index contributed by atoms with van der Waals surface area (Å²) in [5, 5.41) is 4.89. The van der Waals surface area contributed by atoms with E-state index in [0.717, 1.165) is 57.6 Å². The number of amides is 3. The van der Waals surface area contributed by atoms with Crippen LogP contribution in [0, 0.1) is 5.92 Å². The van der Waals surface area contributed by atoms with Crippen LogP contribution in [0.1, 0.15) is 38.3 Å². The molecule has 9 nitrogen and oxygen atoms in total. The van der Waals surface area contributed by atoms with Gasteiger partial charge in [-0.25, -0.2) is 14.7 Å². The van der Waals surface area contributed by atoms with E-state index < -0.39 is 5.54 Å². The number of rotatable bonds is 4. The van der Waals surface area contributed by atoms with Crippen LogP contribution < -0.4 is 10.9 Å². The molecule has 0 radical (unpaired) electrons. The highest BCUT2D eigenvalue weighted by Crippen LogP contribution is 2.38. The quantitative estimate of drug-likeness (QED) is 0.716. The number of thiazole rings is 1. The minimum Gasteiger partial charge on any atom is -0.323 e. The lowest BCUT2D eigenvalue weighted by atomic mass is 9.73. The topological polar surface area (TPSA) is 90.3 Å². The zero-order chi connectivity index (χ0) is 21.6. The highest BCUT2D eigenvalue weighted by molar-refractivity contribution is 7.15. The Labute approximate surface area is 184 Å². The van der Waals surface area contributed by atoms with Gasteiger partial charge in [0.2, 0.25) is 0 Å². The largest absolute Gasteiger partial charge is 0.326 e. The van der Waals surface area contributed by atoms with Gasteiger partial charge < -0.3 is 5.32 Å². The third kappa shape index (κ3) is 3.66. The van der Waals surface area contributed by atoms with E-state index in [2.05, 4.69) is 27.0 Å². The van der Waals surface area contributed by atoms with Crippen LogP contribution in [0.3, 0.4) is 0 Å². The van der Waals surface area contributed by atoms with Gasteiger partial charge in [0.1, 0.15) is 5.54 Å². The summed E-state index contributed by atoms with van der Waals surface area (Å²) in [6, 6.07) is 1.35. The SMILES string of the molecule is CC1CCCCC12NC(=O)N(CN1CCN(Cc3cc(=O)n4ccsc4n3)CC1)C2=O. The standard InChI is InChI=1S/C21H28N6O3S/c1-15-4-2-3-5-21(15)18(29)27(19(30)23-21)14-25-8-6-24(7-9-25)13-16-12-17(28)26-10-11-31-20(26)22-16/h10-12,15H,2-9,13-14H2,1H3,(H,23,30). The number of carbonyl (C=O) groups excluding carboxylic acids is 2. The van der Waals surface area contributed by atoms with Crippen LogP contribution in [-0.4, -0.2) is 74.4 Å². The summed E-state index contributed by atoms with van der Waals surface area (Å²) in [5.41, 5.74) is 0.0321. The van der Waals surface area contributed by atoms with Gasteiger partial charge in [0.05, 0.1) is 12.4 Å². The number of nitrogens with one attached hydrogen (secondary N) is 1. The molecular weight excluding hydrogens is 416 g/mol. The van der Waals surface area contributed by atoms with Crippen LogP contribution in [0.25, 0.3) is 4.96 Å². The molecule has 3 amide bonds. The van der Waals surface area contributed by atoms with Crippen LogP contribution in [0.2, 0.25) is 0 Å². The first-order valence-corrected chi connectivity index (χ1v) is 11.9. The molecule has 1 aliphatic carbocycles. The zero-order valence-electron chi connectivity index (χ0n) is 17.7. The molecule has 10 heteroatoms. The second kappa shape index (κ2) is 7.99. The Kier molecular flexibility index (Phi) is 5.31. The lowest BCUT2D eigenvalue weighted by Crippen LogP contribution is -2.55. The highest BCUT2D eigenvalue weighted by atomic mass is 32.1. The van der Waals surface area contributed by atoms with Crippen LogP contribution in [-0.2, 0) is 11.3 Å². The summed E-state index contributed by atoms with van der Waals surface area (Å²) in [4.78, 5) is 49.1. The molecule has 2 aromatic rings. The molecule has 0 bridgehead atoms. The molecule has 2 saturated heterocycles. The van der Waals surface area contributed by atoms with Gasteiger partial charge in [0.25, 0.3) is 11.5 Å². The third-order valence-electron chi connectivity index (χ3n) is 7.05. The fourth-order valence-electron chi connectivity index (χ4n) is 5.11. The lowest BCUT2D eigenvalue weighted by Gasteiger charge is -2.38. The Balaban J connectivity index is 1.18. The first-order valence-electron chi connectivity index (χ1n) is 11.0. The molecule has 1 saturated carbocycles. The maximum Gasteiger partial charge on any atom is 0.326 e. The van der Waals surface area contributed by atoms with Crippen molar-refractivity contribution >= 4 is 28.2 Å². The molecule has 1 spiro atoms. The number of aromatic nitrogens is 2. The molecule has 2 aromatic heterocycles. The average Bonchev–Trinajstić information content (AvgIpc) is 3.31. The number of imide groups is 1. The van der Waals surface area contributed by atoms with Crippen molar-refractivity contribution in [2.24, 2.45) is 5.92 Å². The van der Waals surface area contributed by atoms with Crippen LogP contribution >= 0.6 is 11.3 Å². The van der Waals surface area contributed by atoms with Gasteiger partial charge in [0, 0.05) is 50.4 Å². The summed E-state index contributed by atoms with van der Waals surface area (Å²) in [5.74, 6) is 0.123. The van der Waals surface area contributed by atoms with Gasteiger partial charge in [0.15, 0.2) is 4.96 Å². The van der Waals surface area contributed by atoms with E-state index in [1.807, 2.05) is 5.38 Å². The van der Waals surface area contributed by atoms with E-state index >= 15 is 0 Å². The molecule has 166 valence electrons. The van der Waals surface area contributed by atoms with Crippen LogP contribution in [0.15, 0.2) is 22.4 Å². The molecule has 0 aromatic carbocycles. The van der Waals surface area contributed by atoms with Crippen molar-refractivity contribution in [3.8, 4) is 0 Å². The molecule has 2 atom stereocenters. The van der Waals surface area contributed by atoms with Gasteiger partial charge >= 0.3 is 6.03 Å². The molecule has 2 unspecified atom stereocenters. The van der Waals surface area contributed by atoms with Crippen molar-refractivity contribution in [1.82, 2.24) is 29.4 Å². The van der Waals surface area contributed by atoms with E-state index in [4.69, 9.17) is 0 Å². The summed E-state index contributed by atoms with van der Waals surface area (Å²) < 4.78 is 1.56. The van der Waals surface area contributed by atoms with Crippen molar-refractivity contribution in [2.75, 3.05) is 32.8 Å². The molecule has 1 N–H and O–H groups in total. The number of urea groups is 1. The van der Waals surface area contributed by atoms with E-state index in [9.17, 15) is 14.4 Å². The maximum absolute atomic E-state index is 13.2. The molecule has 2 aliphatic heterocycles. The van der Waals surface area contributed by atoms with Gasteiger partial charge in [-0.05, 0) is 18.8 Å². The Morgan fingerprint density at radius 2 is 1.94 bits per heavy atom. The molecule has 31 heavy (non-hydrogen) atoms. The fourth-order valence-corrected chi connectivity index (χ4v) is 5.85. The summed E-state index contributed by atoms with van der Waals surface area (Å²) in [6.45, 7) is 6.18. The Morgan fingerprint density at radius 1 is 1.16 bits per heavy atom. The van der Waals surface area contributed by atoms with Crippen LogP contribution in [0.5, 0.6) is 0 Å². The Bertz CT molecular complexity index is 1060. The van der Waals surface area contributed by atoms with Gasteiger partial charge in [-0.15, -0.1) is 11.3 Å². The van der Waals surface area contributed by atoms with Crippen molar-refractivity contribution in [1.29, 1.82) is 0 Å². The number of hydrogen-bond donors (Lipinski definition) is 1. The molecular formula is C21H28N6O3S. The Morgan fingerprint density at radius 3 is 2.71 bits per heavy atom. The number of fused-ring (bicyclic) bond motifs is 1. The number of carbonyl (C=O) groups is 2. The van der Waals surface area contributed by atoms with Gasteiger partial charge in [-0.3, -0.25) is 23.8 Å². The summed E-state index contributed by atoms with van der Waals surface area (Å²) >= 11 is 1.46. The van der Waals surface area contributed by atoms with Crippen molar-refractivity contribution in [2.45, 2.75) is 44.7 Å². The van der Waals surface area contributed by atoms with Crippen molar-refractivity contribution < 1.29 is 9.59 Å². The average molecular weight is 445 g/mol. The molecule has 4 heterocycles. The predicted octanol–water partition coefficient (Wildman–Crippen LogP) is 1.33. The second-order valence-corrected chi connectivity index (χ2v) is 9.83. The third-order valence-corrected chi connectivity index (χ3v) is 7.81. The molecule has 3 aliphatic rings. The minimum absolute atomic E-state index is 0.0516. The van der Waals surface area contributed by atoms with Crippen molar-refractivity contribution in [3.05, 3.63) is 33.7 Å². The summed E-state index contributed by atoms with van der Waals surface area (Å²) in [7, 11) is 0. The highest BCUT2D eigenvalue weighted by Gasteiger charge is 2.55.